The molecule has 0 aliphatic carbocycles. The summed E-state index contributed by atoms with van der Waals surface area (Å²) in [6.07, 6.45) is 4.32. The monoisotopic (exact) mass is 294 g/mol. The zero-order chi connectivity index (χ0) is 15.2. The lowest BCUT2D eigenvalue weighted by atomic mass is 10.1. The molecular formula is C15H22N2O4. The molecule has 6 heteroatoms. The van der Waals surface area contributed by atoms with E-state index >= 15 is 0 Å². The number of nitrogens with zero attached hydrogens (tertiary/aromatic N) is 1. The summed E-state index contributed by atoms with van der Waals surface area (Å²) in [6.45, 7) is 2.59. The molecule has 0 radical (unpaired) electrons. The van der Waals surface area contributed by atoms with Gasteiger partial charge in [-0.3, -0.25) is 9.59 Å². The minimum atomic E-state index is -0.431. The number of amides is 2. The number of carbonyl (C=O) groups excluding carboxylic acids is 2. The fraction of sp³-hybridized carbons (Fsp3) is 0.600. The molecule has 116 valence electrons. The van der Waals surface area contributed by atoms with Gasteiger partial charge in [-0.2, -0.15) is 0 Å². The zero-order valence-corrected chi connectivity index (χ0v) is 12.2. The smallest absolute Gasteiger partial charge is 0.290 e. The highest BCUT2D eigenvalue weighted by Gasteiger charge is 2.35. The van der Waals surface area contributed by atoms with Crippen molar-refractivity contribution in [2.45, 2.75) is 44.7 Å². The van der Waals surface area contributed by atoms with Crippen LogP contribution in [0.1, 0.15) is 43.2 Å². The van der Waals surface area contributed by atoms with Gasteiger partial charge in [0.2, 0.25) is 5.91 Å². The predicted octanol–water partition coefficient (Wildman–Crippen LogP) is 1.16. The van der Waals surface area contributed by atoms with E-state index < -0.39 is 6.04 Å². The number of hydrogen-bond acceptors (Lipinski definition) is 4. The lowest BCUT2D eigenvalue weighted by molar-refractivity contribution is -0.125. The molecule has 1 aliphatic heterocycles. The average molecular weight is 294 g/mol. The van der Waals surface area contributed by atoms with Crippen LogP contribution in [0.4, 0.5) is 0 Å². The Bertz CT molecular complexity index is 472. The average Bonchev–Trinajstić information content (AvgIpc) is 3.14. The van der Waals surface area contributed by atoms with Crippen LogP contribution < -0.4 is 5.32 Å². The van der Waals surface area contributed by atoms with E-state index in [1.54, 1.807) is 17.0 Å². The predicted molar refractivity (Wildman–Crippen MR) is 76.7 cm³/mol. The van der Waals surface area contributed by atoms with Crippen LogP contribution in [0.2, 0.25) is 0 Å². The second kappa shape index (κ2) is 7.26. The van der Waals surface area contributed by atoms with Crippen LogP contribution in [-0.2, 0) is 4.79 Å². The Morgan fingerprint density at radius 1 is 1.57 bits per heavy atom. The number of rotatable bonds is 6. The summed E-state index contributed by atoms with van der Waals surface area (Å²) in [6, 6.07) is 2.83. The maximum Gasteiger partial charge on any atom is 0.290 e. The molecule has 1 fully saturated rings. The SMILES string of the molecule is CC(CCCO)NC(=O)C1CCCN1C(=O)c1ccco1. The first kappa shape index (κ1) is 15.6. The van der Waals surface area contributed by atoms with E-state index in [2.05, 4.69) is 5.32 Å². The highest BCUT2D eigenvalue weighted by Crippen LogP contribution is 2.20. The van der Waals surface area contributed by atoms with Crippen molar-refractivity contribution in [3.05, 3.63) is 24.2 Å². The molecule has 6 nitrogen and oxygen atoms in total. The van der Waals surface area contributed by atoms with Crippen LogP contribution in [0.3, 0.4) is 0 Å². The molecule has 1 saturated heterocycles. The lowest BCUT2D eigenvalue weighted by Crippen LogP contribution is -2.48. The molecule has 2 unspecified atom stereocenters. The fourth-order valence-corrected chi connectivity index (χ4v) is 2.63. The third-order valence-electron chi connectivity index (χ3n) is 3.73. The summed E-state index contributed by atoms with van der Waals surface area (Å²) in [5.74, 6) is -0.0958. The molecule has 2 heterocycles. The van der Waals surface area contributed by atoms with Crippen molar-refractivity contribution in [3.8, 4) is 0 Å². The minimum absolute atomic E-state index is 0.00850. The standard InChI is InChI=1S/C15H22N2O4/c1-11(5-3-9-18)16-14(19)12-6-2-8-17(12)15(20)13-7-4-10-21-13/h4,7,10-12,18H,2-3,5-6,8-9H2,1H3,(H,16,19). The molecule has 1 aromatic heterocycles. The Morgan fingerprint density at radius 2 is 2.38 bits per heavy atom. The van der Waals surface area contributed by atoms with Crippen LogP contribution in [0, 0.1) is 0 Å². The maximum atomic E-state index is 12.3. The van der Waals surface area contributed by atoms with E-state index in [-0.39, 0.29) is 30.2 Å². The molecule has 0 spiro atoms. The van der Waals surface area contributed by atoms with E-state index in [9.17, 15) is 9.59 Å². The van der Waals surface area contributed by atoms with Gasteiger partial charge in [0.15, 0.2) is 5.76 Å². The van der Waals surface area contributed by atoms with Gasteiger partial charge in [0, 0.05) is 19.2 Å². The van der Waals surface area contributed by atoms with Crippen molar-refractivity contribution in [2.75, 3.05) is 13.2 Å². The number of aliphatic hydroxyl groups excluding tert-OH is 1. The van der Waals surface area contributed by atoms with E-state index in [0.717, 1.165) is 12.8 Å². The van der Waals surface area contributed by atoms with Crippen LogP contribution in [0.5, 0.6) is 0 Å². The Kier molecular flexibility index (Phi) is 5.38. The number of nitrogens with one attached hydrogen (secondary N) is 1. The summed E-state index contributed by atoms with van der Waals surface area (Å²) in [5, 5.41) is 11.7. The Labute approximate surface area is 124 Å². The fourth-order valence-electron chi connectivity index (χ4n) is 2.63. The number of furan rings is 1. The van der Waals surface area contributed by atoms with E-state index in [1.807, 2.05) is 6.92 Å². The molecule has 2 N–H and O–H groups in total. The molecule has 2 atom stereocenters. The zero-order valence-electron chi connectivity index (χ0n) is 12.2. The molecule has 1 aliphatic rings. The van der Waals surface area contributed by atoms with Gasteiger partial charge in [-0.25, -0.2) is 0 Å². The Hall–Kier alpha value is -1.82. The summed E-state index contributed by atoms with van der Waals surface area (Å²) in [5.41, 5.74) is 0. The third-order valence-corrected chi connectivity index (χ3v) is 3.73. The molecule has 0 aromatic carbocycles. The quantitative estimate of drug-likeness (QED) is 0.825. The van der Waals surface area contributed by atoms with Crippen LogP contribution in [0.15, 0.2) is 22.8 Å². The molecule has 21 heavy (non-hydrogen) atoms. The molecule has 0 bridgehead atoms. The van der Waals surface area contributed by atoms with E-state index in [0.29, 0.717) is 19.4 Å². The van der Waals surface area contributed by atoms with Crippen molar-refractivity contribution >= 4 is 11.8 Å². The van der Waals surface area contributed by atoms with Crippen LogP contribution in [0.25, 0.3) is 0 Å². The van der Waals surface area contributed by atoms with Gasteiger partial charge in [0.1, 0.15) is 6.04 Å². The van der Waals surface area contributed by atoms with Gasteiger partial charge >= 0.3 is 0 Å². The number of carbonyl (C=O) groups is 2. The third kappa shape index (κ3) is 3.85. The van der Waals surface area contributed by atoms with Gasteiger partial charge in [-0.1, -0.05) is 0 Å². The summed E-state index contributed by atoms with van der Waals surface area (Å²) >= 11 is 0. The molecule has 2 amide bonds. The molecular weight excluding hydrogens is 272 g/mol. The highest BCUT2D eigenvalue weighted by atomic mass is 16.3. The minimum Gasteiger partial charge on any atom is -0.459 e. The first-order valence-corrected chi connectivity index (χ1v) is 7.39. The normalized spacial score (nSPS) is 19.5. The van der Waals surface area contributed by atoms with Gasteiger partial charge in [-0.05, 0) is 44.7 Å². The summed E-state index contributed by atoms with van der Waals surface area (Å²) in [4.78, 5) is 26.2. The van der Waals surface area contributed by atoms with Crippen molar-refractivity contribution < 1.29 is 19.1 Å². The lowest BCUT2D eigenvalue weighted by Gasteiger charge is -2.24. The van der Waals surface area contributed by atoms with E-state index in [1.165, 1.54) is 6.26 Å². The topological polar surface area (TPSA) is 82.8 Å². The Morgan fingerprint density at radius 3 is 3.05 bits per heavy atom. The first-order valence-electron chi connectivity index (χ1n) is 7.39. The first-order chi connectivity index (χ1) is 10.1. The van der Waals surface area contributed by atoms with Gasteiger partial charge in [0.05, 0.1) is 6.26 Å². The van der Waals surface area contributed by atoms with Crippen LogP contribution >= 0.6 is 0 Å². The van der Waals surface area contributed by atoms with Gasteiger partial charge < -0.3 is 19.7 Å². The number of hydrogen-bond donors (Lipinski definition) is 2. The Balaban J connectivity index is 1.95. The second-order valence-corrected chi connectivity index (χ2v) is 5.41. The van der Waals surface area contributed by atoms with Crippen molar-refractivity contribution in [1.82, 2.24) is 10.2 Å². The van der Waals surface area contributed by atoms with Crippen molar-refractivity contribution in [2.24, 2.45) is 0 Å². The second-order valence-electron chi connectivity index (χ2n) is 5.41. The van der Waals surface area contributed by atoms with Gasteiger partial charge in [0.25, 0.3) is 5.91 Å². The molecule has 2 rings (SSSR count). The maximum absolute atomic E-state index is 12.3. The van der Waals surface area contributed by atoms with Crippen molar-refractivity contribution in [3.63, 3.8) is 0 Å². The van der Waals surface area contributed by atoms with E-state index in [4.69, 9.17) is 9.52 Å². The molecule has 1 aromatic rings. The van der Waals surface area contributed by atoms with Crippen LogP contribution in [-0.4, -0.2) is 47.1 Å². The van der Waals surface area contributed by atoms with Gasteiger partial charge in [-0.15, -0.1) is 0 Å². The largest absolute Gasteiger partial charge is 0.459 e. The summed E-state index contributed by atoms with van der Waals surface area (Å²) in [7, 11) is 0. The number of likely N-dealkylation sites (tertiary alicyclic amines) is 1. The summed E-state index contributed by atoms with van der Waals surface area (Å²) < 4.78 is 5.12. The number of aliphatic hydroxyl groups is 1. The highest BCUT2D eigenvalue weighted by molar-refractivity contribution is 5.96. The van der Waals surface area contributed by atoms with Crippen molar-refractivity contribution in [1.29, 1.82) is 0 Å². The molecule has 0 saturated carbocycles.